The van der Waals surface area contributed by atoms with Crippen molar-refractivity contribution in [1.82, 2.24) is 19.8 Å². The first-order chi connectivity index (χ1) is 13.6. The van der Waals surface area contributed by atoms with Crippen LogP contribution in [0.4, 0.5) is 0 Å². The van der Waals surface area contributed by atoms with Gasteiger partial charge in [-0.25, -0.2) is 4.98 Å². The normalized spacial score (nSPS) is 13.8. The average Bonchev–Trinajstić information content (AvgIpc) is 3.02. The molecule has 0 radical (unpaired) electrons. The van der Waals surface area contributed by atoms with Crippen LogP contribution in [0.1, 0.15) is 5.56 Å². The fourth-order valence-electron chi connectivity index (χ4n) is 3.22. The second-order valence-electron chi connectivity index (χ2n) is 6.57. The third-order valence-electron chi connectivity index (χ3n) is 4.63. The zero-order chi connectivity index (χ0) is 19.5. The SMILES string of the molecule is O=C(Cn1cnc2ccccc21)NCCN1Cc2cc(Cl)ccc2OCC1=O. The number of ether oxygens (including phenoxy) is 1. The molecule has 2 heterocycles. The maximum absolute atomic E-state index is 12.3. The van der Waals surface area contributed by atoms with Gasteiger partial charge in [-0.2, -0.15) is 0 Å². The molecule has 4 rings (SSSR count). The van der Waals surface area contributed by atoms with E-state index in [1.165, 1.54) is 0 Å². The third-order valence-corrected chi connectivity index (χ3v) is 4.87. The molecule has 1 aliphatic heterocycles. The quantitative estimate of drug-likeness (QED) is 0.715. The Kier molecular flexibility index (Phi) is 5.16. The summed E-state index contributed by atoms with van der Waals surface area (Å²) in [6, 6.07) is 13.0. The van der Waals surface area contributed by atoms with Gasteiger partial charge in [-0.1, -0.05) is 23.7 Å². The molecule has 0 saturated heterocycles. The van der Waals surface area contributed by atoms with Gasteiger partial charge >= 0.3 is 0 Å². The summed E-state index contributed by atoms with van der Waals surface area (Å²) in [5.74, 6) is 0.406. The van der Waals surface area contributed by atoms with Gasteiger partial charge in [0.05, 0.1) is 17.4 Å². The summed E-state index contributed by atoms with van der Waals surface area (Å²) >= 11 is 6.05. The van der Waals surface area contributed by atoms with E-state index in [0.29, 0.717) is 30.4 Å². The van der Waals surface area contributed by atoms with Crippen molar-refractivity contribution in [1.29, 1.82) is 0 Å². The Balaban J connectivity index is 1.34. The Bertz CT molecular complexity index is 1030. The number of imidazole rings is 1. The molecule has 1 aliphatic rings. The molecular formula is C20H19ClN4O3. The van der Waals surface area contributed by atoms with Crippen LogP contribution in [0.3, 0.4) is 0 Å². The summed E-state index contributed by atoms with van der Waals surface area (Å²) in [6.45, 7) is 1.30. The Morgan fingerprint density at radius 3 is 3.00 bits per heavy atom. The minimum Gasteiger partial charge on any atom is -0.483 e. The molecule has 0 spiro atoms. The van der Waals surface area contributed by atoms with E-state index in [0.717, 1.165) is 16.6 Å². The van der Waals surface area contributed by atoms with E-state index in [1.807, 2.05) is 24.3 Å². The zero-order valence-corrected chi connectivity index (χ0v) is 15.9. The van der Waals surface area contributed by atoms with Crippen molar-refractivity contribution in [3.05, 3.63) is 59.4 Å². The van der Waals surface area contributed by atoms with Crippen molar-refractivity contribution >= 4 is 34.4 Å². The van der Waals surface area contributed by atoms with Crippen LogP contribution < -0.4 is 10.1 Å². The Hall–Kier alpha value is -3.06. The molecule has 0 bridgehead atoms. The topological polar surface area (TPSA) is 76.5 Å². The number of para-hydroxylation sites is 2. The molecule has 0 aliphatic carbocycles. The molecule has 2 aromatic carbocycles. The third kappa shape index (κ3) is 3.94. The molecular weight excluding hydrogens is 380 g/mol. The van der Waals surface area contributed by atoms with Crippen LogP contribution >= 0.6 is 11.6 Å². The molecule has 7 nitrogen and oxygen atoms in total. The molecule has 8 heteroatoms. The highest BCUT2D eigenvalue weighted by Gasteiger charge is 2.21. The molecule has 0 unspecified atom stereocenters. The van der Waals surface area contributed by atoms with Gasteiger partial charge < -0.3 is 19.5 Å². The highest BCUT2D eigenvalue weighted by Crippen LogP contribution is 2.26. The first kappa shape index (κ1) is 18.3. The van der Waals surface area contributed by atoms with Crippen LogP contribution in [0.5, 0.6) is 5.75 Å². The molecule has 2 amide bonds. The standard InChI is InChI=1S/C20H19ClN4O3/c21-15-5-6-18-14(9-15)10-24(20(27)12-28-18)8-7-22-19(26)11-25-13-23-16-3-1-2-4-17(16)25/h1-6,9,13H,7-8,10-12H2,(H,22,26). The van der Waals surface area contributed by atoms with E-state index < -0.39 is 0 Å². The van der Waals surface area contributed by atoms with Crippen molar-refractivity contribution in [3.63, 3.8) is 0 Å². The second kappa shape index (κ2) is 7.90. The number of rotatable bonds is 5. The summed E-state index contributed by atoms with van der Waals surface area (Å²) in [5.41, 5.74) is 2.61. The lowest BCUT2D eigenvalue weighted by molar-refractivity contribution is -0.133. The van der Waals surface area contributed by atoms with Crippen LogP contribution in [-0.4, -0.2) is 46.0 Å². The number of carbonyl (C=O) groups excluding carboxylic acids is 2. The van der Waals surface area contributed by atoms with Gasteiger partial charge in [0.1, 0.15) is 12.3 Å². The minimum absolute atomic E-state index is 0.0242. The number of carbonyl (C=O) groups is 2. The Morgan fingerprint density at radius 2 is 2.11 bits per heavy atom. The van der Waals surface area contributed by atoms with Crippen LogP contribution in [-0.2, 0) is 22.7 Å². The van der Waals surface area contributed by atoms with Gasteiger partial charge in [0.25, 0.3) is 5.91 Å². The lowest BCUT2D eigenvalue weighted by Gasteiger charge is -2.20. The van der Waals surface area contributed by atoms with Crippen LogP contribution in [0.15, 0.2) is 48.8 Å². The van der Waals surface area contributed by atoms with Crippen molar-refractivity contribution in [2.24, 2.45) is 0 Å². The summed E-state index contributed by atoms with van der Waals surface area (Å²) in [5, 5.41) is 3.46. The van der Waals surface area contributed by atoms with Gasteiger partial charge in [0.2, 0.25) is 5.91 Å². The maximum atomic E-state index is 12.3. The van der Waals surface area contributed by atoms with E-state index >= 15 is 0 Å². The molecule has 0 saturated carbocycles. The van der Waals surface area contributed by atoms with E-state index in [2.05, 4.69) is 10.3 Å². The number of hydrogen-bond donors (Lipinski definition) is 1. The van der Waals surface area contributed by atoms with Gasteiger partial charge in [-0.3, -0.25) is 9.59 Å². The summed E-state index contributed by atoms with van der Waals surface area (Å²) < 4.78 is 7.34. The summed E-state index contributed by atoms with van der Waals surface area (Å²) in [4.78, 5) is 30.5. The molecule has 0 atom stereocenters. The van der Waals surface area contributed by atoms with Crippen molar-refractivity contribution in [2.45, 2.75) is 13.1 Å². The molecule has 3 aromatic rings. The smallest absolute Gasteiger partial charge is 0.260 e. The predicted octanol–water partition coefficient (Wildman–Crippen LogP) is 2.23. The number of benzene rings is 2. The largest absolute Gasteiger partial charge is 0.483 e. The molecule has 1 N–H and O–H groups in total. The molecule has 28 heavy (non-hydrogen) atoms. The number of fused-ring (bicyclic) bond motifs is 2. The monoisotopic (exact) mass is 398 g/mol. The average molecular weight is 399 g/mol. The van der Waals surface area contributed by atoms with Crippen LogP contribution in [0, 0.1) is 0 Å². The highest BCUT2D eigenvalue weighted by atomic mass is 35.5. The van der Waals surface area contributed by atoms with Crippen LogP contribution in [0.25, 0.3) is 11.0 Å². The van der Waals surface area contributed by atoms with Crippen molar-refractivity contribution in [3.8, 4) is 5.75 Å². The fraction of sp³-hybridized carbons (Fsp3) is 0.250. The Morgan fingerprint density at radius 1 is 1.25 bits per heavy atom. The Labute approximate surface area is 166 Å². The molecule has 1 aromatic heterocycles. The first-order valence-electron chi connectivity index (χ1n) is 8.96. The van der Waals surface area contributed by atoms with Gasteiger partial charge in [0, 0.05) is 30.2 Å². The summed E-state index contributed by atoms with van der Waals surface area (Å²) in [7, 11) is 0. The summed E-state index contributed by atoms with van der Waals surface area (Å²) in [6.07, 6.45) is 1.65. The predicted molar refractivity (Wildman–Crippen MR) is 105 cm³/mol. The second-order valence-corrected chi connectivity index (χ2v) is 7.00. The van der Waals surface area contributed by atoms with E-state index in [9.17, 15) is 9.59 Å². The lowest BCUT2D eigenvalue weighted by Crippen LogP contribution is -2.39. The number of aromatic nitrogens is 2. The molecule has 0 fully saturated rings. The van der Waals surface area contributed by atoms with Gasteiger partial charge in [-0.05, 0) is 30.3 Å². The lowest BCUT2D eigenvalue weighted by atomic mass is 10.2. The maximum Gasteiger partial charge on any atom is 0.260 e. The fourth-order valence-corrected chi connectivity index (χ4v) is 3.41. The number of amides is 2. The first-order valence-corrected chi connectivity index (χ1v) is 9.33. The van der Waals surface area contributed by atoms with Crippen molar-refractivity contribution < 1.29 is 14.3 Å². The number of nitrogens with zero attached hydrogens (tertiary/aromatic N) is 3. The minimum atomic E-state index is -0.134. The number of nitrogens with one attached hydrogen (secondary N) is 1. The zero-order valence-electron chi connectivity index (χ0n) is 15.1. The number of halogens is 1. The van der Waals surface area contributed by atoms with E-state index in [1.54, 1.807) is 34.0 Å². The van der Waals surface area contributed by atoms with Crippen LogP contribution in [0.2, 0.25) is 5.02 Å². The van der Waals surface area contributed by atoms with Gasteiger partial charge in [0.15, 0.2) is 6.61 Å². The van der Waals surface area contributed by atoms with Gasteiger partial charge in [-0.15, -0.1) is 0 Å². The van der Waals surface area contributed by atoms with Crippen molar-refractivity contribution in [2.75, 3.05) is 19.7 Å². The highest BCUT2D eigenvalue weighted by molar-refractivity contribution is 6.30. The number of hydrogen-bond acceptors (Lipinski definition) is 4. The van der Waals surface area contributed by atoms with E-state index in [4.69, 9.17) is 16.3 Å². The van der Waals surface area contributed by atoms with E-state index in [-0.39, 0.29) is 25.0 Å². The molecule has 144 valence electrons.